The summed E-state index contributed by atoms with van der Waals surface area (Å²) in [4.78, 5) is 6.91. The van der Waals surface area contributed by atoms with Crippen molar-refractivity contribution in [3.05, 3.63) is 53.7 Å². The molecule has 2 aliphatic carbocycles. The molecular weight excluding hydrogens is 374 g/mol. The molecule has 1 N–H and O–H groups in total. The summed E-state index contributed by atoms with van der Waals surface area (Å²) in [6.45, 7) is 2.65. The Morgan fingerprint density at radius 1 is 1.21 bits per heavy atom. The number of anilines is 1. The van der Waals surface area contributed by atoms with Crippen LogP contribution in [-0.4, -0.2) is 39.6 Å². The number of fused-ring (bicyclic) bond motifs is 2. The minimum atomic E-state index is -3.48. The molecule has 1 saturated carbocycles. The molecule has 6 nitrogen and oxygen atoms in total. The molecule has 2 heterocycles. The van der Waals surface area contributed by atoms with E-state index in [2.05, 4.69) is 38.9 Å². The van der Waals surface area contributed by atoms with Gasteiger partial charge in [-0.05, 0) is 54.9 Å². The topological polar surface area (TPSA) is 71.5 Å². The molecule has 7 heteroatoms. The Labute approximate surface area is 166 Å². The zero-order valence-electron chi connectivity index (χ0n) is 15.8. The number of sulfonamides is 1. The van der Waals surface area contributed by atoms with Crippen LogP contribution in [0.15, 0.2) is 47.5 Å². The van der Waals surface area contributed by atoms with Crippen LogP contribution in [0.2, 0.25) is 0 Å². The smallest absolute Gasteiger partial charge is 0.242 e. The van der Waals surface area contributed by atoms with E-state index in [4.69, 9.17) is 4.74 Å². The molecule has 1 atom stereocenters. The molecule has 148 valence electrons. The van der Waals surface area contributed by atoms with Crippen LogP contribution >= 0.6 is 0 Å². The van der Waals surface area contributed by atoms with Gasteiger partial charge in [-0.1, -0.05) is 24.3 Å². The van der Waals surface area contributed by atoms with Gasteiger partial charge in [0.2, 0.25) is 10.0 Å². The SMILES string of the molecule is O=S(=O)(NCC1CC1)c1ccc(N2CCOC3(CCc4ccccc43)C2)nc1. The van der Waals surface area contributed by atoms with Gasteiger partial charge in [0.1, 0.15) is 16.3 Å². The maximum atomic E-state index is 12.4. The second-order valence-electron chi connectivity index (χ2n) is 8.07. The molecule has 1 saturated heterocycles. The number of hydrogen-bond acceptors (Lipinski definition) is 5. The number of nitrogens with zero attached hydrogens (tertiary/aromatic N) is 2. The molecule has 1 aromatic heterocycles. The van der Waals surface area contributed by atoms with Crippen LogP contribution < -0.4 is 9.62 Å². The summed E-state index contributed by atoms with van der Waals surface area (Å²) in [5.41, 5.74) is 2.36. The minimum absolute atomic E-state index is 0.228. The van der Waals surface area contributed by atoms with E-state index in [1.807, 2.05) is 6.07 Å². The largest absolute Gasteiger partial charge is 0.367 e. The fourth-order valence-electron chi connectivity index (χ4n) is 4.30. The highest BCUT2D eigenvalue weighted by atomic mass is 32.2. The highest BCUT2D eigenvalue weighted by Crippen LogP contribution is 2.42. The second-order valence-corrected chi connectivity index (χ2v) is 9.84. The van der Waals surface area contributed by atoms with Gasteiger partial charge in [-0.15, -0.1) is 0 Å². The van der Waals surface area contributed by atoms with Crippen LogP contribution in [0.1, 0.15) is 30.4 Å². The van der Waals surface area contributed by atoms with Gasteiger partial charge in [0.25, 0.3) is 0 Å². The lowest BCUT2D eigenvalue weighted by Crippen LogP contribution is -2.49. The third-order valence-corrected chi connectivity index (χ3v) is 7.52. The Morgan fingerprint density at radius 3 is 2.86 bits per heavy atom. The fraction of sp³-hybridized carbons (Fsp3) is 0.476. The molecule has 28 heavy (non-hydrogen) atoms. The average molecular weight is 400 g/mol. The van der Waals surface area contributed by atoms with E-state index < -0.39 is 10.0 Å². The monoisotopic (exact) mass is 399 g/mol. The first kappa shape index (κ1) is 18.1. The molecule has 5 rings (SSSR count). The van der Waals surface area contributed by atoms with E-state index in [9.17, 15) is 8.42 Å². The zero-order valence-corrected chi connectivity index (χ0v) is 16.6. The minimum Gasteiger partial charge on any atom is -0.367 e. The predicted molar refractivity (Wildman–Crippen MR) is 107 cm³/mol. The highest BCUT2D eigenvalue weighted by Gasteiger charge is 2.43. The van der Waals surface area contributed by atoms with Gasteiger partial charge in [-0.3, -0.25) is 0 Å². The van der Waals surface area contributed by atoms with Gasteiger partial charge in [0, 0.05) is 19.3 Å². The van der Waals surface area contributed by atoms with Crippen LogP contribution in [0, 0.1) is 5.92 Å². The molecule has 2 fully saturated rings. The van der Waals surface area contributed by atoms with Gasteiger partial charge in [0.05, 0.1) is 13.2 Å². The normalized spacial score (nSPS) is 24.5. The second kappa shape index (κ2) is 6.83. The number of hydrogen-bond donors (Lipinski definition) is 1. The Balaban J connectivity index is 1.34. The van der Waals surface area contributed by atoms with Crippen LogP contribution in [0.5, 0.6) is 0 Å². The van der Waals surface area contributed by atoms with Crippen LogP contribution in [-0.2, 0) is 26.8 Å². The molecule has 3 aliphatic rings. The summed E-state index contributed by atoms with van der Waals surface area (Å²) in [5.74, 6) is 1.30. The lowest BCUT2D eigenvalue weighted by molar-refractivity contribution is -0.0594. The van der Waals surface area contributed by atoms with Crippen molar-refractivity contribution in [2.75, 3.05) is 31.1 Å². The Bertz CT molecular complexity index is 969. The standard InChI is InChI=1S/C21H25N3O3S/c25-28(26,23-13-16-5-6-16)18-7-8-20(22-14-18)24-11-12-27-21(15-24)10-9-17-3-1-2-4-19(17)21/h1-4,7-8,14,16,23H,5-6,9-13,15H2. The van der Waals surface area contributed by atoms with Crippen LogP contribution in [0.4, 0.5) is 5.82 Å². The molecule has 1 unspecified atom stereocenters. The molecule has 2 aromatic rings. The van der Waals surface area contributed by atoms with Crippen molar-refractivity contribution in [3.63, 3.8) is 0 Å². The van der Waals surface area contributed by atoms with Gasteiger partial charge >= 0.3 is 0 Å². The molecule has 0 radical (unpaired) electrons. The number of aryl methyl sites for hydroxylation is 1. The molecule has 1 aliphatic heterocycles. The maximum Gasteiger partial charge on any atom is 0.242 e. The first-order valence-corrected chi connectivity index (χ1v) is 11.5. The van der Waals surface area contributed by atoms with E-state index >= 15 is 0 Å². The van der Waals surface area contributed by atoms with Gasteiger partial charge in [0.15, 0.2) is 0 Å². The van der Waals surface area contributed by atoms with Crippen molar-refractivity contribution >= 4 is 15.8 Å². The van der Waals surface area contributed by atoms with E-state index in [1.165, 1.54) is 17.3 Å². The third kappa shape index (κ3) is 3.32. The Morgan fingerprint density at radius 2 is 2.07 bits per heavy atom. The summed E-state index contributed by atoms with van der Waals surface area (Å²) >= 11 is 0. The van der Waals surface area contributed by atoms with Crippen molar-refractivity contribution in [2.24, 2.45) is 5.92 Å². The molecule has 0 amide bonds. The zero-order chi connectivity index (χ0) is 19.2. The number of aromatic nitrogens is 1. The number of rotatable bonds is 5. The fourth-order valence-corrected chi connectivity index (χ4v) is 5.36. The first-order chi connectivity index (χ1) is 13.6. The van der Waals surface area contributed by atoms with Crippen molar-refractivity contribution in [1.29, 1.82) is 0 Å². The number of nitrogens with one attached hydrogen (secondary N) is 1. The van der Waals surface area contributed by atoms with E-state index in [1.54, 1.807) is 6.07 Å². The third-order valence-electron chi connectivity index (χ3n) is 6.11. The Kier molecular flexibility index (Phi) is 4.41. The van der Waals surface area contributed by atoms with E-state index in [-0.39, 0.29) is 10.5 Å². The Hall–Kier alpha value is -1.96. The van der Waals surface area contributed by atoms with E-state index in [0.29, 0.717) is 19.1 Å². The van der Waals surface area contributed by atoms with Gasteiger partial charge in [-0.25, -0.2) is 18.1 Å². The summed E-state index contributed by atoms with van der Waals surface area (Å²) in [7, 11) is -3.48. The molecule has 0 bridgehead atoms. The van der Waals surface area contributed by atoms with Crippen molar-refractivity contribution < 1.29 is 13.2 Å². The number of benzene rings is 1. The summed E-state index contributed by atoms with van der Waals surface area (Å²) in [6, 6.07) is 12.0. The first-order valence-electron chi connectivity index (χ1n) is 9.99. The number of ether oxygens (including phenoxy) is 1. The predicted octanol–water partition coefficient (Wildman–Crippen LogP) is 2.45. The van der Waals surface area contributed by atoms with Crippen LogP contribution in [0.25, 0.3) is 0 Å². The lowest BCUT2D eigenvalue weighted by Gasteiger charge is -2.41. The van der Waals surface area contributed by atoms with Gasteiger partial charge < -0.3 is 9.64 Å². The van der Waals surface area contributed by atoms with Crippen molar-refractivity contribution in [1.82, 2.24) is 9.71 Å². The summed E-state index contributed by atoms with van der Waals surface area (Å²) in [6.07, 6.45) is 5.69. The number of pyridine rings is 1. The van der Waals surface area contributed by atoms with Crippen molar-refractivity contribution in [3.8, 4) is 0 Å². The molecular formula is C21H25N3O3S. The number of morpholine rings is 1. The van der Waals surface area contributed by atoms with Crippen LogP contribution in [0.3, 0.4) is 0 Å². The quantitative estimate of drug-likeness (QED) is 0.836. The lowest BCUT2D eigenvalue weighted by atomic mass is 9.93. The summed E-state index contributed by atoms with van der Waals surface area (Å²) in [5, 5.41) is 0. The summed E-state index contributed by atoms with van der Waals surface area (Å²) < 4.78 is 33.8. The molecule has 1 aromatic carbocycles. The average Bonchev–Trinajstić information content (AvgIpc) is 3.50. The molecule has 1 spiro atoms. The van der Waals surface area contributed by atoms with E-state index in [0.717, 1.165) is 44.6 Å². The van der Waals surface area contributed by atoms with Crippen molar-refractivity contribution in [2.45, 2.75) is 36.2 Å². The van der Waals surface area contributed by atoms with Gasteiger partial charge in [-0.2, -0.15) is 0 Å². The highest BCUT2D eigenvalue weighted by molar-refractivity contribution is 7.89. The maximum absolute atomic E-state index is 12.4.